The van der Waals surface area contributed by atoms with Crippen LogP contribution >= 0.6 is 0 Å². The SMILES string of the molecule is CCC1(C)CC(CN)(CC(=O)OC)CCO1. The molecule has 1 aliphatic heterocycles. The van der Waals surface area contributed by atoms with Crippen LogP contribution in [0.1, 0.15) is 39.5 Å². The highest BCUT2D eigenvalue weighted by molar-refractivity contribution is 5.70. The highest BCUT2D eigenvalue weighted by Gasteiger charge is 2.42. The predicted octanol–water partition coefficient (Wildman–Crippen LogP) is 1.47. The first-order valence-electron chi connectivity index (χ1n) is 5.90. The van der Waals surface area contributed by atoms with Crippen molar-refractivity contribution < 1.29 is 14.3 Å². The third kappa shape index (κ3) is 2.95. The van der Waals surface area contributed by atoms with Gasteiger partial charge in [-0.2, -0.15) is 0 Å². The first kappa shape index (κ1) is 13.5. The molecule has 0 radical (unpaired) electrons. The third-order valence-corrected chi connectivity index (χ3v) is 3.76. The topological polar surface area (TPSA) is 61.6 Å². The Hall–Kier alpha value is -0.610. The van der Waals surface area contributed by atoms with Gasteiger partial charge >= 0.3 is 5.97 Å². The van der Waals surface area contributed by atoms with E-state index < -0.39 is 0 Å². The van der Waals surface area contributed by atoms with Crippen molar-refractivity contribution in [3.8, 4) is 0 Å². The molecule has 2 N–H and O–H groups in total. The Kier molecular flexibility index (Phi) is 4.33. The molecule has 0 bridgehead atoms. The monoisotopic (exact) mass is 229 g/mol. The molecule has 1 heterocycles. The van der Waals surface area contributed by atoms with Gasteiger partial charge in [0.05, 0.1) is 19.1 Å². The first-order chi connectivity index (χ1) is 7.49. The summed E-state index contributed by atoms with van der Waals surface area (Å²) in [6.45, 7) is 5.39. The molecule has 1 fully saturated rings. The molecule has 94 valence electrons. The number of esters is 1. The molecule has 0 aromatic heterocycles. The maximum atomic E-state index is 11.4. The highest BCUT2D eigenvalue weighted by Crippen LogP contribution is 2.42. The largest absolute Gasteiger partial charge is 0.469 e. The average Bonchev–Trinajstić information content (AvgIpc) is 2.29. The van der Waals surface area contributed by atoms with Gasteiger partial charge in [0.2, 0.25) is 0 Å². The predicted molar refractivity (Wildman–Crippen MR) is 62.0 cm³/mol. The van der Waals surface area contributed by atoms with Crippen molar-refractivity contribution in [2.75, 3.05) is 20.3 Å². The van der Waals surface area contributed by atoms with E-state index in [4.69, 9.17) is 15.2 Å². The Balaban J connectivity index is 2.75. The number of methoxy groups -OCH3 is 1. The second-order valence-electron chi connectivity index (χ2n) is 5.04. The highest BCUT2D eigenvalue weighted by atomic mass is 16.5. The molecule has 0 amide bonds. The summed E-state index contributed by atoms with van der Waals surface area (Å²) in [4.78, 5) is 11.4. The van der Waals surface area contributed by atoms with Crippen molar-refractivity contribution in [3.05, 3.63) is 0 Å². The Morgan fingerprint density at radius 2 is 2.25 bits per heavy atom. The van der Waals surface area contributed by atoms with Crippen molar-refractivity contribution in [2.45, 2.75) is 45.1 Å². The van der Waals surface area contributed by atoms with Crippen LogP contribution in [0.2, 0.25) is 0 Å². The van der Waals surface area contributed by atoms with Gasteiger partial charge in [-0.05, 0) is 38.1 Å². The molecule has 4 heteroatoms. The molecule has 0 spiro atoms. The van der Waals surface area contributed by atoms with Gasteiger partial charge in [0, 0.05) is 6.61 Å². The number of carbonyl (C=O) groups is 1. The molecular formula is C12H23NO3. The molecule has 1 saturated heterocycles. The molecule has 0 saturated carbocycles. The van der Waals surface area contributed by atoms with Gasteiger partial charge in [0.15, 0.2) is 0 Å². The van der Waals surface area contributed by atoms with Crippen LogP contribution in [-0.4, -0.2) is 31.8 Å². The minimum atomic E-state index is -0.175. The molecule has 2 atom stereocenters. The van der Waals surface area contributed by atoms with Crippen molar-refractivity contribution in [2.24, 2.45) is 11.1 Å². The lowest BCUT2D eigenvalue weighted by Crippen LogP contribution is -2.47. The van der Waals surface area contributed by atoms with Crippen LogP contribution in [0.4, 0.5) is 0 Å². The van der Waals surface area contributed by atoms with Gasteiger partial charge in [-0.3, -0.25) is 4.79 Å². The summed E-state index contributed by atoms with van der Waals surface area (Å²) in [5, 5.41) is 0. The van der Waals surface area contributed by atoms with Gasteiger partial charge < -0.3 is 15.2 Å². The van der Waals surface area contributed by atoms with E-state index in [9.17, 15) is 4.79 Å². The van der Waals surface area contributed by atoms with Crippen molar-refractivity contribution in [1.29, 1.82) is 0 Å². The van der Waals surface area contributed by atoms with Gasteiger partial charge in [-0.25, -0.2) is 0 Å². The van der Waals surface area contributed by atoms with E-state index >= 15 is 0 Å². The van der Waals surface area contributed by atoms with Crippen LogP contribution < -0.4 is 5.73 Å². The fourth-order valence-corrected chi connectivity index (χ4v) is 2.45. The van der Waals surface area contributed by atoms with E-state index in [0.717, 1.165) is 19.3 Å². The van der Waals surface area contributed by atoms with E-state index in [1.165, 1.54) is 7.11 Å². The lowest BCUT2D eigenvalue weighted by Gasteiger charge is -2.45. The van der Waals surface area contributed by atoms with E-state index in [0.29, 0.717) is 19.6 Å². The zero-order chi connectivity index (χ0) is 12.2. The Labute approximate surface area is 97.5 Å². The molecule has 16 heavy (non-hydrogen) atoms. The number of rotatable bonds is 4. The Bertz CT molecular complexity index is 257. The molecule has 4 nitrogen and oxygen atoms in total. The molecule has 0 aromatic carbocycles. The maximum Gasteiger partial charge on any atom is 0.306 e. The second-order valence-corrected chi connectivity index (χ2v) is 5.04. The van der Waals surface area contributed by atoms with Crippen LogP contribution in [0.3, 0.4) is 0 Å². The lowest BCUT2D eigenvalue weighted by molar-refractivity contribution is -0.151. The number of ether oxygens (including phenoxy) is 2. The second kappa shape index (κ2) is 5.15. The fraction of sp³-hybridized carbons (Fsp3) is 0.917. The zero-order valence-electron chi connectivity index (χ0n) is 10.5. The number of nitrogens with two attached hydrogens (primary N) is 1. The van der Waals surface area contributed by atoms with Crippen LogP contribution in [0, 0.1) is 5.41 Å². The third-order valence-electron chi connectivity index (χ3n) is 3.76. The van der Waals surface area contributed by atoms with Crippen molar-refractivity contribution in [3.63, 3.8) is 0 Å². The number of hydrogen-bond acceptors (Lipinski definition) is 4. The summed E-state index contributed by atoms with van der Waals surface area (Å²) in [5.74, 6) is -0.175. The normalized spacial score (nSPS) is 34.8. The summed E-state index contributed by atoms with van der Waals surface area (Å²) in [6.07, 6.45) is 3.02. The summed E-state index contributed by atoms with van der Waals surface area (Å²) in [7, 11) is 1.42. The minimum absolute atomic E-state index is 0.143. The van der Waals surface area contributed by atoms with Crippen LogP contribution in [0.25, 0.3) is 0 Å². The van der Waals surface area contributed by atoms with Gasteiger partial charge in [-0.1, -0.05) is 6.92 Å². The Morgan fingerprint density at radius 1 is 1.56 bits per heavy atom. The summed E-state index contributed by atoms with van der Waals surface area (Å²) in [6, 6.07) is 0. The summed E-state index contributed by atoms with van der Waals surface area (Å²) < 4.78 is 10.5. The number of carbonyl (C=O) groups excluding carboxylic acids is 1. The minimum Gasteiger partial charge on any atom is -0.469 e. The summed E-state index contributed by atoms with van der Waals surface area (Å²) in [5.41, 5.74) is 5.56. The van der Waals surface area contributed by atoms with Gasteiger partial charge in [0.25, 0.3) is 0 Å². The molecule has 1 aliphatic rings. The fourth-order valence-electron chi connectivity index (χ4n) is 2.45. The van der Waals surface area contributed by atoms with Crippen molar-refractivity contribution >= 4 is 5.97 Å². The maximum absolute atomic E-state index is 11.4. The van der Waals surface area contributed by atoms with E-state index in [-0.39, 0.29) is 17.0 Å². The molecule has 2 unspecified atom stereocenters. The van der Waals surface area contributed by atoms with Crippen LogP contribution in [0.5, 0.6) is 0 Å². The first-order valence-corrected chi connectivity index (χ1v) is 5.90. The van der Waals surface area contributed by atoms with E-state index in [1.54, 1.807) is 0 Å². The lowest BCUT2D eigenvalue weighted by atomic mass is 9.70. The molecule has 1 rings (SSSR count). The summed E-state index contributed by atoms with van der Waals surface area (Å²) >= 11 is 0. The smallest absolute Gasteiger partial charge is 0.306 e. The standard InChI is InChI=1S/C12H23NO3/c1-4-11(2)8-12(9-13,5-6-16-11)7-10(14)15-3/h4-9,13H2,1-3H3. The van der Waals surface area contributed by atoms with Crippen LogP contribution in [0.15, 0.2) is 0 Å². The molecular weight excluding hydrogens is 206 g/mol. The average molecular weight is 229 g/mol. The zero-order valence-corrected chi connectivity index (χ0v) is 10.5. The van der Waals surface area contributed by atoms with E-state index in [1.807, 2.05) is 0 Å². The van der Waals surface area contributed by atoms with Crippen LogP contribution in [-0.2, 0) is 14.3 Å². The van der Waals surface area contributed by atoms with Gasteiger partial charge in [-0.15, -0.1) is 0 Å². The molecule has 0 aliphatic carbocycles. The molecule has 0 aromatic rings. The number of hydrogen-bond donors (Lipinski definition) is 1. The quantitative estimate of drug-likeness (QED) is 0.742. The van der Waals surface area contributed by atoms with E-state index in [2.05, 4.69) is 13.8 Å². The Morgan fingerprint density at radius 3 is 2.75 bits per heavy atom. The van der Waals surface area contributed by atoms with Crippen molar-refractivity contribution in [1.82, 2.24) is 0 Å². The van der Waals surface area contributed by atoms with Gasteiger partial charge in [0.1, 0.15) is 0 Å².